The number of ether oxygens (including phenoxy) is 3. The molecule has 0 aliphatic carbocycles. The Labute approximate surface area is 182 Å². The van der Waals surface area contributed by atoms with Crippen LogP contribution in [0.5, 0.6) is 11.5 Å². The Morgan fingerprint density at radius 3 is 2.47 bits per heavy atom. The van der Waals surface area contributed by atoms with Crippen molar-refractivity contribution in [2.24, 2.45) is 0 Å². The molecule has 2 aromatic carbocycles. The van der Waals surface area contributed by atoms with Gasteiger partial charge in [0, 0.05) is 25.6 Å². The Kier molecular flexibility index (Phi) is 6.94. The fourth-order valence-corrected chi connectivity index (χ4v) is 4.02. The maximum absolute atomic E-state index is 14.0. The fourth-order valence-electron chi connectivity index (χ4n) is 2.87. The van der Waals surface area contributed by atoms with Crippen LogP contribution in [0.15, 0.2) is 35.2 Å². The van der Waals surface area contributed by atoms with Gasteiger partial charge in [-0.3, -0.25) is 4.79 Å². The van der Waals surface area contributed by atoms with Crippen molar-refractivity contribution in [1.82, 2.24) is 4.31 Å². The summed E-state index contributed by atoms with van der Waals surface area (Å²) in [5.41, 5.74) is -1.09. The largest absolute Gasteiger partial charge is 0.490 e. The van der Waals surface area contributed by atoms with Gasteiger partial charge in [-0.05, 0) is 18.2 Å². The third kappa shape index (κ3) is 4.97. The number of methoxy groups -OCH3 is 1. The number of fused-ring (bicyclic) bond motifs is 1. The van der Waals surface area contributed by atoms with E-state index >= 15 is 0 Å². The first-order valence-corrected chi connectivity index (χ1v) is 10.8. The maximum Gasteiger partial charge on any atom is 0.340 e. The number of halogens is 2. The summed E-state index contributed by atoms with van der Waals surface area (Å²) < 4.78 is 69.6. The summed E-state index contributed by atoms with van der Waals surface area (Å²) in [5.74, 6) is -3.60. The van der Waals surface area contributed by atoms with Crippen LogP contribution < -0.4 is 14.8 Å². The molecule has 12 heteroatoms. The number of nitrogens with one attached hydrogen (secondary N) is 1. The Bertz CT molecular complexity index is 1150. The molecule has 1 N–H and O–H groups in total. The summed E-state index contributed by atoms with van der Waals surface area (Å²) in [4.78, 5) is 23.8. The van der Waals surface area contributed by atoms with Gasteiger partial charge in [-0.1, -0.05) is 0 Å². The zero-order chi connectivity index (χ0) is 23.5. The minimum absolute atomic E-state index is 0.127. The maximum atomic E-state index is 14.0. The van der Waals surface area contributed by atoms with E-state index in [9.17, 15) is 26.8 Å². The predicted molar refractivity (Wildman–Crippen MR) is 108 cm³/mol. The number of nitrogens with zero attached hydrogens (tertiary/aromatic N) is 1. The van der Waals surface area contributed by atoms with E-state index in [0.29, 0.717) is 31.5 Å². The number of benzene rings is 2. The highest BCUT2D eigenvalue weighted by atomic mass is 32.2. The monoisotopic (exact) mass is 470 g/mol. The summed E-state index contributed by atoms with van der Waals surface area (Å²) in [6.07, 6.45) is 0.647. The molecular formula is C20H20F2N2O7S. The number of likely N-dealkylation sites (N-methyl/N-ethyl adjacent to an activating group) is 1. The van der Waals surface area contributed by atoms with E-state index in [1.54, 1.807) is 0 Å². The number of hydrogen-bond donors (Lipinski definition) is 1. The number of amides is 1. The number of carbonyl (C=O) groups is 2. The van der Waals surface area contributed by atoms with Gasteiger partial charge in [0.1, 0.15) is 11.6 Å². The van der Waals surface area contributed by atoms with Crippen molar-refractivity contribution in [2.75, 3.05) is 39.2 Å². The molecule has 2 aromatic rings. The van der Waals surface area contributed by atoms with E-state index in [1.807, 2.05) is 0 Å². The normalized spacial score (nSPS) is 13.4. The van der Waals surface area contributed by atoms with Crippen LogP contribution in [-0.4, -0.2) is 58.5 Å². The lowest BCUT2D eigenvalue weighted by Gasteiger charge is -2.18. The minimum atomic E-state index is -4.11. The molecule has 172 valence electrons. The fraction of sp³-hybridized carbons (Fsp3) is 0.300. The molecule has 32 heavy (non-hydrogen) atoms. The van der Waals surface area contributed by atoms with Crippen molar-refractivity contribution >= 4 is 27.6 Å². The molecule has 9 nitrogen and oxygen atoms in total. The predicted octanol–water partition coefficient (Wildman–Crippen LogP) is 2.17. The number of hydrogen-bond acceptors (Lipinski definition) is 7. The minimum Gasteiger partial charge on any atom is -0.490 e. The van der Waals surface area contributed by atoms with Gasteiger partial charge >= 0.3 is 5.97 Å². The Balaban J connectivity index is 1.75. The van der Waals surface area contributed by atoms with Crippen LogP contribution >= 0.6 is 0 Å². The van der Waals surface area contributed by atoms with E-state index < -0.39 is 51.3 Å². The summed E-state index contributed by atoms with van der Waals surface area (Å²) >= 11 is 0. The molecular weight excluding hydrogens is 450 g/mol. The molecule has 0 spiro atoms. The second-order valence-electron chi connectivity index (χ2n) is 6.77. The molecule has 0 atom stereocenters. The number of rotatable bonds is 6. The van der Waals surface area contributed by atoms with Crippen molar-refractivity contribution in [1.29, 1.82) is 0 Å². The van der Waals surface area contributed by atoms with Gasteiger partial charge in [-0.2, -0.15) is 4.31 Å². The number of anilines is 1. The lowest BCUT2D eigenvalue weighted by atomic mass is 10.1. The Hall–Kier alpha value is -3.25. The molecule has 1 heterocycles. The molecule has 0 saturated carbocycles. The third-order valence-electron chi connectivity index (χ3n) is 4.53. The number of esters is 1. The summed E-state index contributed by atoms with van der Waals surface area (Å²) in [6.45, 7) is 0.128. The molecule has 0 saturated heterocycles. The topological polar surface area (TPSA) is 111 Å². The molecule has 0 aromatic heterocycles. The second-order valence-corrected chi connectivity index (χ2v) is 8.82. The molecule has 1 amide bonds. The standard InChI is InChI=1S/C20H20F2N2O7S/c1-24(32(27,28)12-4-5-17-18(8-12)31-7-3-6-30-17)11-19(25)23-16-9-13(20(26)29-2)14(21)10-15(16)22/h4-5,8-10H,3,6-7,11H2,1-2H3,(H,23,25). The molecule has 1 aliphatic heterocycles. The number of sulfonamides is 1. The van der Waals surface area contributed by atoms with E-state index in [2.05, 4.69) is 10.1 Å². The van der Waals surface area contributed by atoms with Crippen molar-refractivity contribution in [3.8, 4) is 11.5 Å². The van der Waals surface area contributed by atoms with Gasteiger partial charge in [-0.15, -0.1) is 0 Å². The van der Waals surface area contributed by atoms with Gasteiger partial charge in [0.2, 0.25) is 15.9 Å². The van der Waals surface area contributed by atoms with Gasteiger partial charge in [0.15, 0.2) is 11.5 Å². The van der Waals surface area contributed by atoms with Crippen molar-refractivity contribution in [2.45, 2.75) is 11.3 Å². The average Bonchev–Trinajstić information content (AvgIpc) is 2.99. The highest BCUT2D eigenvalue weighted by Crippen LogP contribution is 2.32. The Morgan fingerprint density at radius 2 is 1.78 bits per heavy atom. The van der Waals surface area contributed by atoms with Crippen molar-refractivity contribution in [3.05, 3.63) is 47.5 Å². The molecule has 0 fully saturated rings. The number of carbonyl (C=O) groups excluding carboxylic acids is 2. The molecule has 0 radical (unpaired) electrons. The van der Waals surface area contributed by atoms with Crippen LogP contribution in [0.2, 0.25) is 0 Å². The van der Waals surface area contributed by atoms with E-state index in [4.69, 9.17) is 9.47 Å². The Morgan fingerprint density at radius 1 is 1.09 bits per heavy atom. The lowest BCUT2D eigenvalue weighted by molar-refractivity contribution is -0.116. The van der Waals surface area contributed by atoms with Gasteiger partial charge in [0.05, 0.1) is 43.0 Å². The lowest BCUT2D eigenvalue weighted by Crippen LogP contribution is -2.35. The first kappa shape index (κ1) is 23.4. The van der Waals surface area contributed by atoms with Crippen LogP contribution in [-0.2, 0) is 19.6 Å². The third-order valence-corrected chi connectivity index (χ3v) is 6.33. The molecule has 3 rings (SSSR count). The quantitative estimate of drug-likeness (QED) is 0.644. The molecule has 0 unspecified atom stereocenters. The first-order chi connectivity index (χ1) is 15.1. The van der Waals surface area contributed by atoms with E-state index in [-0.39, 0.29) is 10.6 Å². The van der Waals surface area contributed by atoms with Gasteiger partial charge in [0.25, 0.3) is 0 Å². The van der Waals surface area contributed by atoms with Crippen LogP contribution in [0.4, 0.5) is 14.5 Å². The van der Waals surface area contributed by atoms with E-state index in [1.165, 1.54) is 25.2 Å². The van der Waals surface area contributed by atoms with E-state index in [0.717, 1.165) is 17.5 Å². The van der Waals surface area contributed by atoms with Crippen molar-refractivity contribution < 1.29 is 41.0 Å². The molecule has 1 aliphatic rings. The van der Waals surface area contributed by atoms with Crippen LogP contribution in [0.25, 0.3) is 0 Å². The SMILES string of the molecule is COC(=O)c1cc(NC(=O)CN(C)S(=O)(=O)c2ccc3c(c2)OCCCO3)c(F)cc1F. The van der Waals surface area contributed by atoms with Crippen LogP contribution in [0, 0.1) is 11.6 Å². The second kappa shape index (κ2) is 9.49. The summed E-state index contributed by atoms with van der Waals surface area (Å²) in [6, 6.07) is 5.27. The molecule has 0 bridgehead atoms. The average molecular weight is 470 g/mol. The first-order valence-electron chi connectivity index (χ1n) is 9.36. The van der Waals surface area contributed by atoms with Gasteiger partial charge < -0.3 is 19.5 Å². The van der Waals surface area contributed by atoms with Crippen molar-refractivity contribution in [3.63, 3.8) is 0 Å². The van der Waals surface area contributed by atoms with Crippen LogP contribution in [0.3, 0.4) is 0 Å². The highest BCUT2D eigenvalue weighted by molar-refractivity contribution is 7.89. The summed E-state index contributed by atoms with van der Waals surface area (Å²) in [7, 11) is -1.92. The zero-order valence-corrected chi connectivity index (χ0v) is 18.0. The summed E-state index contributed by atoms with van der Waals surface area (Å²) in [5, 5.41) is 2.13. The van der Waals surface area contributed by atoms with Gasteiger partial charge in [-0.25, -0.2) is 22.0 Å². The van der Waals surface area contributed by atoms with Crippen LogP contribution in [0.1, 0.15) is 16.8 Å². The zero-order valence-electron chi connectivity index (χ0n) is 17.2. The smallest absolute Gasteiger partial charge is 0.340 e. The highest BCUT2D eigenvalue weighted by Gasteiger charge is 2.26.